The number of benzene rings is 1. The molecule has 1 heterocycles. The highest BCUT2D eigenvalue weighted by molar-refractivity contribution is 7.90. The normalized spacial score (nSPS) is 19.6. The van der Waals surface area contributed by atoms with Crippen LogP contribution < -0.4 is 10.6 Å². The van der Waals surface area contributed by atoms with Crippen molar-refractivity contribution in [3.63, 3.8) is 0 Å². The molecule has 0 saturated carbocycles. The minimum Gasteiger partial charge on any atom is -0.352 e. The third-order valence-corrected chi connectivity index (χ3v) is 4.61. The topological polar surface area (TPSA) is 75.3 Å². The molecule has 0 radical (unpaired) electrons. The van der Waals surface area contributed by atoms with Crippen LogP contribution in [-0.4, -0.2) is 33.7 Å². The predicted molar refractivity (Wildman–Crippen MR) is 77.0 cm³/mol. The molecule has 0 bridgehead atoms. The van der Waals surface area contributed by atoms with Crippen molar-refractivity contribution < 1.29 is 13.2 Å². The fourth-order valence-electron chi connectivity index (χ4n) is 2.26. The van der Waals surface area contributed by atoms with E-state index in [4.69, 9.17) is 0 Å². The Morgan fingerprint density at radius 2 is 2.05 bits per heavy atom. The van der Waals surface area contributed by atoms with Crippen LogP contribution in [0.5, 0.6) is 0 Å². The van der Waals surface area contributed by atoms with E-state index >= 15 is 0 Å². The third-order valence-electron chi connectivity index (χ3n) is 3.49. The lowest BCUT2D eigenvalue weighted by Crippen LogP contribution is -2.40. The minimum atomic E-state index is -3.16. The quantitative estimate of drug-likeness (QED) is 0.858. The van der Waals surface area contributed by atoms with Gasteiger partial charge in [-0.25, -0.2) is 8.42 Å². The zero-order chi connectivity index (χ0) is 14.6. The number of sulfone groups is 1. The maximum absolute atomic E-state index is 12.0. The summed E-state index contributed by atoms with van der Waals surface area (Å²) in [6, 6.07) is 6.60. The second-order valence-corrected chi connectivity index (χ2v) is 7.19. The van der Waals surface area contributed by atoms with Crippen LogP contribution in [0.15, 0.2) is 29.2 Å². The zero-order valence-electron chi connectivity index (χ0n) is 11.6. The van der Waals surface area contributed by atoms with Crippen molar-refractivity contribution in [2.75, 3.05) is 19.3 Å². The summed E-state index contributed by atoms with van der Waals surface area (Å²) in [5.41, 5.74) is 0.898. The van der Waals surface area contributed by atoms with Gasteiger partial charge in [-0.2, -0.15) is 0 Å². The standard InChI is InChI=1S/C14H20N2O3S/c1-20(18,19)13-6-4-11(5-7-13)9-16-14(17)12-3-2-8-15-10-12/h4-7,12,15H,2-3,8-10H2,1H3,(H,16,17). The van der Waals surface area contributed by atoms with Crippen molar-refractivity contribution in [3.05, 3.63) is 29.8 Å². The molecule has 0 aliphatic carbocycles. The first-order valence-corrected chi connectivity index (χ1v) is 8.63. The van der Waals surface area contributed by atoms with Gasteiger partial charge in [-0.3, -0.25) is 4.79 Å². The monoisotopic (exact) mass is 296 g/mol. The van der Waals surface area contributed by atoms with Crippen LogP contribution >= 0.6 is 0 Å². The maximum atomic E-state index is 12.0. The van der Waals surface area contributed by atoms with E-state index in [2.05, 4.69) is 10.6 Å². The Bertz CT molecular complexity index is 561. The van der Waals surface area contributed by atoms with Crippen molar-refractivity contribution in [2.24, 2.45) is 5.92 Å². The number of piperidine rings is 1. The maximum Gasteiger partial charge on any atom is 0.224 e. The molecule has 110 valence electrons. The number of rotatable bonds is 4. The van der Waals surface area contributed by atoms with Crippen LogP contribution in [0.1, 0.15) is 18.4 Å². The first-order valence-electron chi connectivity index (χ1n) is 6.74. The molecule has 0 aromatic heterocycles. The summed E-state index contributed by atoms with van der Waals surface area (Å²) in [4.78, 5) is 12.2. The van der Waals surface area contributed by atoms with Gasteiger partial charge in [-0.1, -0.05) is 12.1 Å². The molecule has 5 nitrogen and oxygen atoms in total. The lowest BCUT2D eigenvalue weighted by Gasteiger charge is -2.21. The number of hydrogen-bond donors (Lipinski definition) is 2. The van der Waals surface area contributed by atoms with Crippen molar-refractivity contribution in [1.82, 2.24) is 10.6 Å². The second-order valence-electron chi connectivity index (χ2n) is 5.18. The van der Waals surface area contributed by atoms with Gasteiger partial charge in [0.05, 0.1) is 10.8 Å². The van der Waals surface area contributed by atoms with Gasteiger partial charge in [-0.05, 0) is 37.1 Å². The van der Waals surface area contributed by atoms with Crippen LogP contribution in [0, 0.1) is 5.92 Å². The number of amides is 1. The number of nitrogens with one attached hydrogen (secondary N) is 2. The summed E-state index contributed by atoms with van der Waals surface area (Å²) in [5, 5.41) is 6.11. The van der Waals surface area contributed by atoms with E-state index in [0.717, 1.165) is 31.5 Å². The van der Waals surface area contributed by atoms with Gasteiger partial charge >= 0.3 is 0 Å². The molecule has 1 aliphatic heterocycles. The molecule has 2 rings (SSSR count). The lowest BCUT2D eigenvalue weighted by molar-refractivity contribution is -0.125. The molecule has 6 heteroatoms. The first-order chi connectivity index (χ1) is 9.47. The Labute approximate surface area is 119 Å². The highest BCUT2D eigenvalue weighted by Crippen LogP contribution is 2.12. The van der Waals surface area contributed by atoms with Gasteiger partial charge in [0.25, 0.3) is 0 Å². The number of carbonyl (C=O) groups is 1. The molecule has 1 atom stereocenters. The number of carbonyl (C=O) groups excluding carboxylic acids is 1. The SMILES string of the molecule is CS(=O)(=O)c1ccc(CNC(=O)C2CCCNC2)cc1. The highest BCUT2D eigenvalue weighted by Gasteiger charge is 2.20. The molecule has 2 N–H and O–H groups in total. The van der Waals surface area contributed by atoms with E-state index in [1.54, 1.807) is 24.3 Å². The Morgan fingerprint density at radius 3 is 2.60 bits per heavy atom. The Balaban J connectivity index is 1.89. The van der Waals surface area contributed by atoms with Crippen molar-refractivity contribution >= 4 is 15.7 Å². The molecule has 1 saturated heterocycles. The minimum absolute atomic E-state index is 0.0408. The van der Waals surface area contributed by atoms with Crippen LogP contribution in [0.25, 0.3) is 0 Å². The van der Waals surface area contributed by atoms with Crippen LogP contribution in [-0.2, 0) is 21.2 Å². The molecule has 1 aromatic carbocycles. The molecular formula is C14H20N2O3S. The van der Waals surface area contributed by atoms with E-state index in [1.807, 2.05) is 0 Å². The van der Waals surface area contributed by atoms with Crippen molar-refractivity contribution in [1.29, 1.82) is 0 Å². The Hall–Kier alpha value is -1.40. The van der Waals surface area contributed by atoms with Crippen molar-refractivity contribution in [3.8, 4) is 0 Å². The van der Waals surface area contributed by atoms with Gasteiger partial charge in [0.2, 0.25) is 5.91 Å². The van der Waals surface area contributed by atoms with E-state index < -0.39 is 9.84 Å². The average molecular weight is 296 g/mol. The summed E-state index contributed by atoms with van der Waals surface area (Å²) >= 11 is 0. The van der Waals surface area contributed by atoms with Crippen LogP contribution in [0.4, 0.5) is 0 Å². The smallest absolute Gasteiger partial charge is 0.224 e. The largest absolute Gasteiger partial charge is 0.352 e. The molecule has 1 aromatic rings. The van der Waals surface area contributed by atoms with Gasteiger partial charge < -0.3 is 10.6 Å². The second kappa shape index (κ2) is 6.37. The summed E-state index contributed by atoms with van der Waals surface area (Å²) in [6.45, 7) is 2.15. The fourth-order valence-corrected chi connectivity index (χ4v) is 2.89. The molecular weight excluding hydrogens is 276 g/mol. The number of hydrogen-bond acceptors (Lipinski definition) is 4. The fraction of sp³-hybridized carbons (Fsp3) is 0.500. The molecule has 1 amide bonds. The van der Waals surface area contributed by atoms with Gasteiger partial charge in [0.15, 0.2) is 9.84 Å². The van der Waals surface area contributed by atoms with Gasteiger partial charge in [-0.15, -0.1) is 0 Å². The first kappa shape index (κ1) is 15.0. The average Bonchev–Trinajstić information content (AvgIpc) is 2.45. The van der Waals surface area contributed by atoms with Crippen LogP contribution in [0.3, 0.4) is 0 Å². The van der Waals surface area contributed by atoms with Crippen molar-refractivity contribution in [2.45, 2.75) is 24.3 Å². The third kappa shape index (κ3) is 4.05. The Morgan fingerprint density at radius 1 is 1.35 bits per heavy atom. The van der Waals surface area contributed by atoms with Gasteiger partial charge in [0, 0.05) is 19.3 Å². The predicted octanol–water partition coefficient (Wildman–Crippen LogP) is 0.706. The molecule has 20 heavy (non-hydrogen) atoms. The van der Waals surface area contributed by atoms with E-state index in [0.29, 0.717) is 11.4 Å². The van der Waals surface area contributed by atoms with Gasteiger partial charge in [0.1, 0.15) is 0 Å². The summed E-state index contributed by atoms with van der Waals surface area (Å²) in [7, 11) is -3.16. The zero-order valence-corrected chi connectivity index (χ0v) is 12.4. The van der Waals surface area contributed by atoms with E-state index in [1.165, 1.54) is 6.26 Å². The molecule has 1 unspecified atom stereocenters. The highest BCUT2D eigenvalue weighted by atomic mass is 32.2. The summed E-state index contributed by atoms with van der Waals surface area (Å²) < 4.78 is 22.7. The van der Waals surface area contributed by atoms with E-state index in [9.17, 15) is 13.2 Å². The summed E-state index contributed by atoms with van der Waals surface area (Å²) in [5.74, 6) is 0.100. The molecule has 1 fully saturated rings. The van der Waals surface area contributed by atoms with E-state index in [-0.39, 0.29) is 11.8 Å². The lowest BCUT2D eigenvalue weighted by atomic mass is 9.99. The summed E-state index contributed by atoms with van der Waals surface area (Å²) in [6.07, 6.45) is 3.13. The molecule has 0 spiro atoms. The van der Waals surface area contributed by atoms with Crippen LogP contribution in [0.2, 0.25) is 0 Å². The molecule has 1 aliphatic rings. The Kier molecular flexibility index (Phi) is 4.77.